The number of piperazine rings is 1. The standard InChI is InChI=1S/C23H25N3O9/c1-31-17-12-14(19(26(29)30)21(33-3)20(17)32-2)22(27)24-8-10-25(11-9-24)23(28)18-13-34-15-6-4-5-7-16(15)35-18/h4-7,12,18H,8-11,13H2,1-3H3/t18-/m1/s1. The zero-order valence-electron chi connectivity index (χ0n) is 19.5. The molecule has 12 nitrogen and oxygen atoms in total. The molecule has 0 spiro atoms. The molecule has 2 aromatic rings. The second kappa shape index (κ2) is 9.95. The van der Waals surface area contributed by atoms with Gasteiger partial charge in [0.2, 0.25) is 17.6 Å². The minimum atomic E-state index is -0.789. The third-order valence-electron chi connectivity index (χ3n) is 5.88. The molecule has 35 heavy (non-hydrogen) atoms. The normalized spacial score (nSPS) is 16.9. The molecule has 2 aromatic carbocycles. The lowest BCUT2D eigenvalue weighted by Crippen LogP contribution is -2.55. The van der Waals surface area contributed by atoms with Crippen LogP contribution >= 0.6 is 0 Å². The summed E-state index contributed by atoms with van der Waals surface area (Å²) in [6.07, 6.45) is -0.789. The van der Waals surface area contributed by atoms with E-state index in [2.05, 4.69) is 0 Å². The van der Waals surface area contributed by atoms with Crippen LogP contribution in [-0.4, -0.2) is 86.8 Å². The average molecular weight is 487 g/mol. The van der Waals surface area contributed by atoms with Crippen LogP contribution in [0.15, 0.2) is 30.3 Å². The van der Waals surface area contributed by atoms with Crippen molar-refractivity contribution in [2.45, 2.75) is 6.10 Å². The number of amides is 2. The maximum atomic E-state index is 13.3. The number of nitro groups is 1. The van der Waals surface area contributed by atoms with Gasteiger partial charge in [0.15, 0.2) is 17.2 Å². The van der Waals surface area contributed by atoms with Crippen LogP contribution in [0.2, 0.25) is 0 Å². The number of benzene rings is 2. The van der Waals surface area contributed by atoms with E-state index in [9.17, 15) is 19.7 Å². The Morgan fingerprint density at radius 2 is 1.60 bits per heavy atom. The lowest BCUT2D eigenvalue weighted by molar-refractivity contribution is -0.386. The Bertz CT molecular complexity index is 1150. The van der Waals surface area contributed by atoms with Crippen molar-refractivity contribution in [2.24, 2.45) is 0 Å². The van der Waals surface area contributed by atoms with Gasteiger partial charge in [-0.25, -0.2) is 0 Å². The smallest absolute Gasteiger partial charge is 0.327 e. The molecule has 0 aromatic heterocycles. The van der Waals surface area contributed by atoms with Gasteiger partial charge in [0.1, 0.15) is 12.2 Å². The van der Waals surface area contributed by atoms with Gasteiger partial charge >= 0.3 is 5.69 Å². The first-order valence-corrected chi connectivity index (χ1v) is 10.8. The van der Waals surface area contributed by atoms with E-state index < -0.39 is 22.6 Å². The Kier molecular flexibility index (Phi) is 6.80. The minimum absolute atomic E-state index is 0.0185. The first kappa shape index (κ1) is 23.9. The van der Waals surface area contributed by atoms with Gasteiger partial charge in [0.05, 0.1) is 26.3 Å². The van der Waals surface area contributed by atoms with Gasteiger partial charge < -0.3 is 33.5 Å². The van der Waals surface area contributed by atoms with E-state index in [1.165, 1.54) is 32.3 Å². The lowest BCUT2D eigenvalue weighted by Gasteiger charge is -2.37. The monoisotopic (exact) mass is 487 g/mol. The number of ether oxygens (including phenoxy) is 5. The van der Waals surface area contributed by atoms with Crippen LogP contribution in [0.3, 0.4) is 0 Å². The van der Waals surface area contributed by atoms with Crippen molar-refractivity contribution in [1.82, 2.24) is 9.80 Å². The van der Waals surface area contributed by atoms with Crippen LogP contribution in [0.4, 0.5) is 5.69 Å². The van der Waals surface area contributed by atoms with E-state index in [4.69, 9.17) is 23.7 Å². The van der Waals surface area contributed by atoms with Gasteiger partial charge in [0, 0.05) is 32.2 Å². The summed E-state index contributed by atoms with van der Waals surface area (Å²) in [5, 5.41) is 11.8. The van der Waals surface area contributed by atoms with Gasteiger partial charge in [-0.3, -0.25) is 19.7 Å². The Morgan fingerprint density at radius 1 is 0.971 bits per heavy atom. The summed E-state index contributed by atoms with van der Waals surface area (Å²) in [4.78, 5) is 40.5. The largest absolute Gasteiger partial charge is 0.493 e. The van der Waals surface area contributed by atoms with Crippen molar-refractivity contribution in [2.75, 3.05) is 54.1 Å². The molecule has 0 aliphatic carbocycles. The zero-order chi connectivity index (χ0) is 25.1. The lowest BCUT2D eigenvalue weighted by atomic mass is 10.1. The van der Waals surface area contributed by atoms with E-state index in [1.807, 2.05) is 6.07 Å². The molecule has 0 N–H and O–H groups in total. The molecule has 0 unspecified atom stereocenters. The summed E-state index contributed by atoms with van der Waals surface area (Å²) in [7, 11) is 3.93. The minimum Gasteiger partial charge on any atom is -0.493 e. The third-order valence-corrected chi connectivity index (χ3v) is 5.88. The van der Waals surface area contributed by atoms with Crippen molar-refractivity contribution in [3.05, 3.63) is 46.0 Å². The summed E-state index contributed by atoms with van der Waals surface area (Å²) >= 11 is 0. The topological polar surface area (TPSA) is 130 Å². The van der Waals surface area contributed by atoms with Crippen molar-refractivity contribution in [3.63, 3.8) is 0 Å². The Hall–Kier alpha value is -4.22. The zero-order valence-corrected chi connectivity index (χ0v) is 19.5. The number of nitro benzene ring substituents is 1. The predicted molar refractivity (Wildman–Crippen MR) is 122 cm³/mol. The SMILES string of the molecule is COc1cc(C(=O)N2CCN(C(=O)[C@H]3COc4ccccc4O3)CC2)c([N+](=O)[O-])c(OC)c1OC. The van der Waals surface area contributed by atoms with E-state index in [0.29, 0.717) is 11.5 Å². The molecule has 2 aliphatic heterocycles. The van der Waals surface area contributed by atoms with Crippen LogP contribution in [-0.2, 0) is 4.79 Å². The molecule has 0 bridgehead atoms. The number of carbonyl (C=O) groups is 2. The highest BCUT2D eigenvalue weighted by atomic mass is 16.6. The van der Waals surface area contributed by atoms with Gasteiger partial charge in [-0.1, -0.05) is 12.1 Å². The molecule has 1 fully saturated rings. The summed E-state index contributed by atoms with van der Waals surface area (Å²) in [5.41, 5.74) is -0.704. The highest BCUT2D eigenvalue weighted by Gasteiger charge is 2.37. The average Bonchev–Trinajstić information content (AvgIpc) is 2.90. The van der Waals surface area contributed by atoms with Crippen molar-refractivity contribution in [1.29, 1.82) is 0 Å². The first-order chi connectivity index (χ1) is 16.9. The molecular formula is C23H25N3O9. The number of carbonyl (C=O) groups excluding carboxylic acids is 2. The molecule has 4 rings (SSSR count). The fourth-order valence-corrected chi connectivity index (χ4v) is 4.13. The molecule has 1 atom stereocenters. The maximum absolute atomic E-state index is 13.3. The number of para-hydroxylation sites is 2. The van der Waals surface area contributed by atoms with Crippen LogP contribution in [0.1, 0.15) is 10.4 Å². The Balaban J connectivity index is 1.49. The van der Waals surface area contributed by atoms with Gasteiger partial charge in [-0.15, -0.1) is 0 Å². The van der Waals surface area contributed by atoms with Crippen LogP contribution in [0.25, 0.3) is 0 Å². The number of rotatable bonds is 6. The summed E-state index contributed by atoms with van der Waals surface area (Å²) < 4.78 is 27.1. The number of methoxy groups -OCH3 is 3. The highest BCUT2D eigenvalue weighted by molar-refractivity contribution is 6.01. The van der Waals surface area contributed by atoms with E-state index in [-0.39, 0.29) is 61.5 Å². The van der Waals surface area contributed by atoms with Crippen LogP contribution < -0.4 is 23.7 Å². The van der Waals surface area contributed by atoms with E-state index in [1.54, 1.807) is 23.1 Å². The number of fused-ring (bicyclic) bond motifs is 1. The number of nitrogens with zero attached hydrogens (tertiary/aromatic N) is 3. The molecule has 2 heterocycles. The predicted octanol–water partition coefficient (Wildman–Crippen LogP) is 1.74. The van der Waals surface area contributed by atoms with E-state index in [0.717, 1.165) is 0 Å². The number of hydrogen-bond acceptors (Lipinski definition) is 9. The Morgan fingerprint density at radius 3 is 2.20 bits per heavy atom. The molecule has 1 saturated heterocycles. The maximum Gasteiger partial charge on any atom is 0.327 e. The molecule has 2 aliphatic rings. The van der Waals surface area contributed by atoms with Gasteiger partial charge in [-0.05, 0) is 12.1 Å². The molecule has 2 amide bonds. The van der Waals surface area contributed by atoms with Crippen LogP contribution in [0.5, 0.6) is 28.7 Å². The van der Waals surface area contributed by atoms with Crippen molar-refractivity contribution in [3.8, 4) is 28.7 Å². The van der Waals surface area contributed by atoms with E-state index >= 15 is 0 Å². The first-order valence-electron chi connectivity index (χ1n) is 10.8. The molecule has 0 saturated carbocycles. The second-order valence-electron chi connectivity index (χ2n) is 7.78. The summed E-state index contributed by atoms with van der Waals surface area (Å²) in [6, 6.07) is 8.38. The van der Waals surface area contributed by atoms with Gasteiger partial charge in [-0.2, -0.15) is 0 Å². The summed E-state index contributed by atoms with van der Waals surface area (Å²) in [6.45, 7) is 0.937. The molecule has 12 heteroatoms. The fraction of sp³-hybridized carbons (Fsp3) is 0.391. The quantitative estimate of drug-likeness (QED) is 0.442. The van der Waals surface area contributed by atoms with Gasteiger partial charge in [0.25, 0.3) is 11.8 Å². The molecule has 186 valence electrons. The second-order valence-corrected chi connectivity index (χ2v) is 7.78. The van der Waals surface area contributed by atoms with Crippen LogP contribution in [0, 0.1) is 10.1 Å². The van der Waals surface area contributed by atoms with Crippen molar-refractivity contribution >= 4 is 17.5 Å². The number of hydrogen-bond donors (Lipinski definition) is 0. The molecule has 0 radical (unpaired) electrons. The van der Waals surface area contributed by atoms with Crippen molar-refractivity contribution < 1.29 is 38.2 Å². The summed E-state index contributed by atoms with van der Waals surface area (Å²) in [5.74, 6) is 0.203. The fourth-order valence-electron chi connectivity index (χ4n) is 4.13. The highest BCUT2D eigenvalue weighted by Crippen LogP contribution is 2.46. The third kappa shape index (κ3) is 4.46. The molecular weight excluding hydrogens is 462 g/mol. The Labute approximate surface area is 201 Å².